The number of rotatable bonds is 4. The lowest BCUT2D eigenvalue weighted by atomic mass is 9.64. The van der Waals surface area contributed by atoms with E-state index < -0.39 is 5.60 Å². The van der Waals surface area contributed by atoms with Gasteiger partial charge in [0.25, 0.3) is 0 Å². The summed E-state index contributed by atoms with van der Waals surface area (Å²) < 4.78 is 10.2. The van der Waals surface area contributed by atoms with Crippen molar-refractivity contribution in [3.05, 3.63) is 0 Å². The lowest BCUT2D eigenvalue weighted by Gasteiger charge is -2.45. The summed E-state index contributed by atoms with van der Waals surface area (Å²) >= 11 is 0. The standard InChI is InChI=1S/C16H28O4/c1-19-13-8-6-12(7-9-13)14-5-3-4-10-16(14,18)11-15(17)20-2/h12-14,18H,3-11H2,1-2H3/t12?,13?,14-,16-/m0/s1. The van der Waals surface area contributed by atoms with Gasteiger partial charge in [-0.15, -0.1) is 0 Å². The molecule has 116 valence electrons. The minimum atomic E-state index is -0.851. The normalized spacial score (nSPS) is 38.5. The molecule has 0 aromatic rings. The summed E-state index contributed by atoms with van der Waals surface area (Å²) in [5, 5.41) is 11.0. The van der Waals surface area contributed by atoms with Gasteiger partial charge in [-0.25, -0.2) is 0 Å². The molecule has 4 heteroatoms. The fourth-order valence-corrected chi connectivity index (χ4v) is 4.19. The summed E-state index contributed by atoms with van der Waals surface area (Å²) in [4.78, 5) is 11.6. The van der Waals surface area contributed by atoms with E-state index in [-0.39, 0.29) is 18.3 Å². The SMILES string of the molecule is COC(=O)C[C@@]1(O)CCCC[C@H]1C1CCC(OC)CC1. The van der Waals surface area contributed by atoms with Crippen molar-refractivity contribution in [2.24, 2.45) is 11.8 Å². The molecule has 0 spiro atoms. The van der Waals surface area contributed by atoms with Crippen LogP contribution in [0.15, 0.2) is 0 Å². The van der Waals surface area contributed by atoms with E-state index in [2.05, 4.69) is 0 Å². The minimum Gasteiger partial charge on any atom is -0.469 e. The van der Waals surface area contributed by atoms with Crippen LogP contribution in [-0.2, 0) is 14.3 Å². The molecule has 0 saturated heterocycles. The predicted octanol–water partition coefficient (Wildman–Crippen LogP) is 2.68. The first-order chi connectivity index (χ1) is 9.59. The maximum atomic E-state index is 11.6. The first-order valence-corrected chi connectivity index (χ1v) is 7.91. The lowest BCUT2D eigenvalue weighted by Crippen LogP contribution is -2.47. The molecule has 2 fully saturated rings. The molecular formula is C16H28O4. The zero-order valence-corrected chi connectivity index (χ0v) is 12.8. The summed E-state index contributed by atoms with van der Waals surface area (Å²) in [5.74, 6) is 0.481. The van der Waals surface area contributed by atoms with Gasteiger partial charge >= 0.3 is 5.97 Å². The fourth-order valence-electron chi connectivity index (χ4n) is 4.19. The van der Waals surface area contributed by atoms with E-state index in [1.807, 2.05) is 0 Å². The van der Waals surface area contributed by atoms with Gasteiger partial charge in [0.05, 0.1) is 25.2 Å². The van der Waals surface area contributed by atoms with Crippen LogP contribution < -0.4 is 0 Å². The Bertz CT molecular complexity index is 322. The van der Waals surface area contributed by atoms with Crippen LogP contribution >= 0.6 is 0 Å². The van der Waals surface area contributed by atoms with Crippen molar-refractivity contribution in [2.75, 3.05) is 14.2 Å². The Hall–Kier alpha value is -0.610. The second kappa shape index (κ2) is 6.90. The maximum Gasteiger partial charge on any atom is 0.308 e. The van der Waals surface area contributed by atoms with Gasteiger partial charge in [0.2, 0.25) is 0 Å². The quantitative estimate of drug-likeness (QED) is 0.806. The molecule has 0 aromatic carbocycles. The van der Waals surface area contributed by atoms with Crippen molar-refractivity contribution < 1.29 is 19.4 Å². The summed E-state index contributed by atoms with van der Waals surface area (Å²) in [5.41, 5.74) is -0.851. The molecule has 0 aromatic heterocycles. The molecule has 2 atom stereocenters. The molecule has 2 aliphatic rings. The van der Waals surface area contributed by atoms with Gasteiger partial charge in [0.15, 0.2) is 0 Å². The Kier molecular flexibility index (Phi) is 5.44. The number of hydrogen-bond donors (Lipinski definition) is 1. The second-order valence-corrected chi connectivity index (χ2v) is 6.48. The highest BCUT2D eigenvalue weighted by atomic mass is 16.5. The topological polar surface area (TPSA) is 55.8 Å². The molecule has 0 unspecified atom stereocenters. The largest absolute Gasteiger partial charge is 0.469 e. The Balaban J connectivity index is 2.01. The van der Waals surface area contributed by atoms with E-state index in [0.717, 1.165) is 44.9 Å². The first kappa shape index (κ1) is 15.8. The number of ether oxygens (including phenoxy) is 2. The van der Waals surface area contributed by atoms with Crippen LogP contribution in [0.5, 0.6) is 0 Å². The molecule has 0 aliphatic heterocycles. The van der Waals surface area contributed by atoms with E-state index in [4.69, 9.17) is 9.47 Å². The third-order valence-electron chi connectivity index (χ3n) is 5.36. The van der Waals surface area contributed by atoms with Gasteiger partial charge in [0.1, 0.15) is 0 Å². The summed E-state index contributed by atoms with van der Waals surface area (Å²) in [7, 11) is 3.17. The van der Waals surface area contributed by atoms with Crippen molar-refractivity contribution in [2.45, 2.75) is 69.5 Å². The number of aliphatic hydroxyl groups is 1. The first-order valence-electron chi connectivity index (χ1n) is 7.91. The number of hydrogen-bond acceptors (Lipinski definition) is 4. The average molecular weight is 284 g/mol. The van der Waals surface area contributed by atoms with Crippen molar-refractivity contribution in [3.63, 3.8) is 0 Å². The Morgan fingerprint density at radius 1 is 1.15 bits per heavy atom. The van der Waals surface area contributed by atoms with Crippen molar-refractivity contribution in [1.29, 1.82) is 0 Å². The van der Waals surface area contributed by atoms with Gasteiger partial charge in [-0.3, -0.25) is 4.79 Å². The highest BCUT2D eigenvalue weighted by molar-refractivity contribution is 5.70. The van der Waals surface area contributed by atoms with Crippen LogP contribution in [0.3, 0.4) is 0 Å². The van der Waals surface area contributed by atoms with Crippen molar-refractivity contribution in [1.82, 2.24) is 0 Å². The molecule has 0 heterocycles. The van der Waals surface area contributed by atoms with Crippen LogP contribution in [0.4, 0.5) is 0 Å². The van der Waals surface area contributed by atoms with Gasteiger partial charge in [-0.05, 0) is 50.4 Å². The molecule has 20 heavy (non-hydrogen) atoms. The molecule has 2 rings (SSSR count). The summed E-state index contributed by atoms with van der Waals surface area (Å²) in [6, 6.07) is 0. The molecule has 2 aliphatic carbocycles. The highest BCUT2D eigenvalue weighted by Crippen LogP contribution is 2.45. The maximum absolute atomic E-state index is 11.6. The van der Waals surface area contributed by atoms with E-state index in [9.17, 15) is 9.90 Å². The summed E-state index contributed by atoms with van der Waals surface area (Å²) in [6.07, 6.45) is 8.83. The highest BCUT2D eigenvalue weighted by Gasteiger charge is 2.45. The van der Waals surface area contributed by atoms with Gasteiger partial charge < -0.3 is 14.6 Å². The van der Waals surface area contributed by atoms with Crippen LogP contribution in [0.2, 0.25) is 0 Å². The minimum absolute atomic E-state index is 0.151. The van der Waals surface area contributed by atoms with Gasteiger partial charge in [-0.2, -0.15) is 0 Å². The third-order valence-corrected chi connectivity index (χ3v) is 5.36. The van der Waals surface area contributed by atoms with E-state index in [1.54, 1.807) is 7.11 Å². The van der Waals surface area contributed by atoms with Crippen molar-refractivity contribution in [3.8, 4) is 0 Å². The lowest BCUT2D eigenvalue weighted by molar-refractivity contribution is -0.154. The molecule has 4 nitrogen and oxygen atoms in total. The number of esters is 1. The van der Waals surface area contributed by atoms with Gasteiger partial charge in [0, 0.05) is 7.11 Å². The molecule has 2 saturated carbocycles. The van der Waals surface area contributed by atoms with Crippen molar-refractivity contribution >= 4 is 5.97 Å². The van der Waals surface area contributed by atoms with E-state index in [0.29, 0.717) is 12.0 Å². The molecule has 0 radical (unpaired) electrons. The average Bonchev–Trinajstić information content (AvgIpc) is 2.47. The zero-order chi connectivity index (χ0) is 14.6. The molecular weight excluding hydrogens is 256 g/mol. The monoisotopic (exact) mass is 284 g/mol. The molecule has 1 N–H and O–H groups in total. The Labute approximate surface area is 121 Å². The van der Waals surface area contributed by atoms with Gasteiger partial charge in [-0.1, -0.05) is 12.8 Å². The van der Waals surface area contributed by atoms with E-state index in [1.165, 1.54) is 13.5 Å². The Morgan fingerprint density at radius 2 is 1.85 bits per heavy atom. The molecule has 0 bridgehead atoms. The molecule has 0 amide bonds. The Morgan fingerprint density at radius 3 is 2.45 bits per heavy atom. The predicted molar refractivity (Wildman–Crippen MR) is 76.3 cm³/mol. The van der Waals surface area contributed by atoms with Crippen LogP contribution in [0.25, 0.3) is 0 Å². The van der Waals surface area contributed by atoms with Crippen LogP contribution in [0, 0.1) is 11.8 Å². The van der Waals surface area contributed by atoms with E-state index >= 15 is 0 Å². The number of carbonyl (C=O) groups is 1. The third kappa shape index (κ3) is 3.53. The summed E-state index contributed by atoms with van der Waals surface area (Å²) in [6.45, 7) is 0. The number of methoxy groups -OCH3 is 2. The van der Waals surface area contributed by atoms with Crippen LogP contribution in [0.1, 0.15) is 57.8 Å². The number of carbonyl (C=O) groups excluding carboxylic acids is 1. The zero-order valence-electron chi connectivity index (χ0n) is 12.8. The second-order valence-electron chi connectivity index (χ2n) is 6.48. The smallest absolute Gasteiger partial charge is 0.308 e. The fraction of sp³-hybridized carbons (Fsp3) is 0.938. The van der Waals surface area contributed by atoms with Crippen LogP contribution in [-0.4, -0.2) is 37.0 Å².